The maximum atomic E-state index is 11.8. The topological polar surface area (TPSA) is 109 Å². The van der Waals surface area contributed by atoms with E-state index in [1.165, 1.54) is 25.3 Å². The predicted molar refractivity (Wildman–Crippen MR) is 89.5 cm³/mol. The van der Waals surface area contributed by atoms with Gasteiger partial charge in [0, 0.05) is 6.08 Å². The number of carbonyl (C=O) groups excluding carboxylic acids is 2. The molecule has 1 aromatic rings. The number of phenolic OH excluding ortho intramolecular Hbond substituents is 1. The molecule has 1 aliphatic rings. The van der Waals surface area contributed by atoms with Crippen LogP contribution >= 0.6 is 0 Å². The van der Waals surface area contributed by atoms with Crippen molar-refractivity contribution in [2.24, 2.45) is 5.92 Å². The van der Waals surface area contributed by atoms with E-state index in [-0.39, 0.29) is 17.4 Å². The number of amides is 1. The van der Waals surface area contributed by atoms with Crippen molar-refractivity contribution >= 4 is 18.0 Å². The molecule has 0 spiro atoms. The third-order valence-corrected chi connectivity index (χ3v) is 3.99. The van der Waals surface area contributed by atoms with E-state index in [4.69, 9.17) is 9.47 Å². The molecule has 1 amide bonds. The second-order valence-corrected chi connectivity index (χ2v) is 6.01. The highest BCUT2D eigenvalue weighted by atomic mass is 16.5. The molecular weight excluding hydrogens is 324 g/mol. The number of aromatic hydroxyl groups is 1. The zero-order valence-electron chi connectivity index (χ0n) is 14.1. The molecule has 2 rings (SSSR count). The van der Waals surface area contributed by atoms with Crippen LogP contribution in [0.15, 0.2) is 24.3 Å². The van der Waals surface area contributed by atoms with Gasteiger partial charge in [-0.05, 0) is 49.5 Å². The van der Waals surface area contributed by atoms with E-state index in [9.17, 15) is 20.0 Å². The quantitative estimate of drug-likeness (QED) is 0.576. The second-order valence-electron chi connectivity index (χ2n) is 6.01. The number of carbonyl (C=O) groups is 2. The molecule has 132 valence electrons. The molecule has 1 saturated carbocycles. The molecule has 1 aliphatic carbocycles. The summed E-state index contributed by atoms with van der Waals surface area (Å²) in [6.07, 6.45) is 4.46. The fourth-order valence-corrected chi connectivity index (χ4v) is 2.35. The van der Waals surface area contributed by atoms with Crippen molar-refractivity contribution in [3.63, 3.8) is 0 Å². The normalized spacial score (nSPS) is 15.9. The van der Waals surface area contributed by atoms with Crippen LogP contribution in [0.2, 0.25) is 0 Å². The first-order valence-corrected chi connectivity index (χ1v) is 7.82. The van der Waals surface area contributed by atoms with E-state index in [0.717, 1.165) is 12.8 Å². The van der Waals surface area contributed by atoms with Crippen molar-refractivity contribution in [1.29, 1.82) is 5.26 Å². The number of hydrogen-bond donors (Lipinski definition) is 2. The summed E-state index contributed by atoms with van der Waals surface area (Å²) in [4.78, 5) is 23.5. The lowest BCUT2D eigenvalue weighted by Crippen LogP contribution is -2.48. The highest BCUT2D eigenvalue weighted by Gasteiger charge is 2.43. The van der Waals surface area contributed by atoms with Gasteiger partial charge in [0.05, 0.1) is 13.2 Å². The van der Waals surface area contributed by atoms with E-state index in [0.29, 0.717) is 5.56 Å². The fraction of sp³-hybridized carbons (Fsp3) is 0.389. The summed E-state index contributed by atoms with van der Waals surface area (Å²) < 4.78 is 9.84. The number of benzene rings is 1. The Bertz CT molecular complexity index is 733. The molecule has 7 heteroatoms. The monoisotopic (exact) mass is 344 g/mol. The van der Waals surface area contributed by atoms with Gasteiger partial charge in [0.2, 0.25) is 0 Å². The molecule has 1 aromatic carbocycles. The molecule has 0 aromatic heterocycles. The van der Waals surface area contributed by atoms with Crippen LogP contribution < -0.4 is 10.1 Å². The zero-order chi connectivity index (χ0) is 18.4. The Morgan fingerprint density at radius 3 is 2.80 bits per heavy atom. The number of nitrogens with one attached hydrogen (secondary N) is 1. The van der Waals surface area contributed by atoms with Crippen molar-refractivity contribution in [2.45, 2.75) is 25.3 Å². The van der Waals surface area contributed by atoms with E-state index in [2.05, 4.69) is 11.4 Å². The van der Waals surface area contributed by atoms with Gasteiger partial charge in [-0.2, -0.15) is 5.26 Å². The lowest BCUT2D eigenvalue weighted by Gasteiger charge is -2.22. The average Bonchev–Trinajstić information content (AvgIpc) is 3.44. The van der Waals surface area contributed by atoms with E-state index in [1.54, 1.807) is 19.1 Å². The van der Waals surface area contributed by atoms with Crippen LogP contribution in [0.3, 0.4) is 0 Å². The molecule has 0 heterocycles. The van der Waals surface area contributed by atoms with Gasteiger partial charge < -0.3 is 19.9 Å². The molecule has 0 bridgehead atoms. The van der Waals surface area contributed by atoms with Crippen LogP contribution in [0.5, 0.6) is 11.5 Å². The van der Waals surface area contributed by atoms with Crippen LogP contribution in [0.1, 0.15) is 25.3 Å². The van der Waals surface area contributed by atoms with Gasteiger partial charge in [0.15, 0.2) is 18.1 Å². The third-order valence-electron chi connectivity index (χ3n) is 3.99. The minimum atomic E-state index is -0.915. The number of ether oxygens (including phenoxy) is 2. The summed E-state index contributed by atoms with van der Waals surface area (Å²) in [6.45, 7) is 1.22. The van der Waals surface area contributed by atoms with Crippen molar-refractivity contribution in [2.75, 3.05) is 13.7 Å². The van der Waals surface area contributed by atoms with Crippen LogP contribution in [0.4, 0.5) is 0 Å². The molecule has 2 N–H and O–H groups in total. The number of hydrogen-bond acceptors (Lipinski definition) is 6. The first-order valence-electron chi connectivity index (χ1n) is 7.82. The first-order chi connectivity index (χ1) is 11.9. The van der Waals surface area contributed by atoms with E-state index >= 15 is 0 Å². The Kier molecular flexibility index (Phi) is 5.65. The summed E-state index contributed by atoms with van der Waals surface area (Å²) in [7, 11) is 1.42. The third kappa shape index (κ3) is 4.98. The molecule has 7 nitrogen and oxygen atoms in total. The van der Waals surface area contributed by atoms with Crippen molar-refractivity contribution < 1.29 is 24.2 Å². The zero-order valence-corrected chi connectivity index (χ0v) is 14.1. The Hall–Kier alpha value is -3.01. The number of phenols is 1. The Labute approximate surface area is 145 Å². The lowest BCUT2D eigenvalue weighted by molar-refractivity contribution is -0.144. The van der Waals surface area contributed by atoms with Gasteiger partial charge in [-0.1, -0.05) is 6.07 Å². The van der Waals surface area contributed by atoms with Gasteiger partial charge in [-0.3, -0.25) is 4.79 Å². The second kappa shape index (κ2) is 7.71. The van der Waals surface area contributed by atoms with Crippen molar-refractivity contribution in [3.8, 4) is 17.6 Å². The summed E-state index contributed by atoms with van der Waals surface area (Å²) in [5.41, 5.74) is -0.288. The standard InChI is InChI=1S/C18H20N2O5/c1-18(11-19,13-5-6-13)20-16(22)10-25-17(23)8-4-12-3-7-14(21)15(9-12)24-2/h3-4,7-9,13,21H,5-6,10H2,1-2H3,(H,20,22)/b8-4+/t18-/m0/s1. The van der Waals surface area contributed by atoms with Crippen molar-refractivity contribution in [3.05, 3.63) is 29.8 Å². The Balaban J connectivity index is 1.84. The number of rotatable bonds is 7. The maximum absolute atomic E-state index is 11.8. The highest BCUT2D eigenvalue weighted by molar-refractivity contribution is 5.89. The van der Waals surface area contributed by atoms with Crippen LogP contribution in [0.25, 0.3) is 6.08 Å². The first kappa shape index (κ1) is 18.3. The highest BCUT2D eigenvalue weighted by Crippen LogP contribution is 2.39. The summed E-state index contributed by atoms with van der Waals surface area (Å²) in [6, 6.07) is 6.70. The van der Waals surface area contributed by atoms with Gasteiger partial charge in [-0.15, -0.1) is 0 Å². The van der Waals surface area contributed by atoms with Gasteiger partial charge in [-0.25, -0.2) is 4.79 Å². The molecule has 1 fully saturated rings. The Morgan fingerprint density at radius 1 is 1.48 bits per heavy atom. The molecular formula is C18H20N2O5. The minimum absolute atomic E-state index is 0.00454. The lowest BCUT2D eigenvalue weighted by atomic mass is 9.98. The molecule has 0 aliphatic heterocycles. The van der Waals surface area contributed by atoms with Crippen LogP contribution in [-0.4, -0.2) is 36.2 Å². The number of nitrogens with zero attached hydrogens (tertiary/aromatic N) is 1. The van der Waals surface area contributed by atoms with E-state index < -0.39 is 24.0 Å². The summed E-state index contributed by atoms with van der Waals surface area (Å²) in [5.74, 6) is -0.765. The molecule has 0 radical (unpaired) electrons. The molecule has 25 heavy (non-hydrogen) atoms. The number of esters is 1. The van der Waals surface area contributed by atoms with Gasteiger partial charge >= 0.3 is 5.97 Å². The molecule has 1 atom stereocenters. The molecule has 0 saturated heterocycles. The maximum Gasteiger partial charge on any atom is 0.331 e. The SMILES string of the molecule is COc1cc(/C=C/C(=O)OCC(=O)N[C@@](C)(C#N)C2CC2)ccc1O. The molecule has 0 unspecified atom stereocenters. The van der Waals surface area contributed by atoms with Crippen LogP contribution in [-0.2, 0) is 14.3 Å². The smallest absolute Gasteiger partial charge is 0.331 e. The van der Waals surface area contributed by atoms with Crippen molar-refractivity contribution in [1.82, 2.24) is 5.32 Å². The average molecular weight is 344 g/mol. The summed E-state index contributed by atoms with van der Waals surface area (Å²) >= 11 is 0. The largest absolute Gasteiger partial charge is 0.504 e. The predicted octanol–water partition coefficient (Wildman–Crippen LogP) is 1.77. The van der Waals surface area contributed by atoms with Gasteiger partial charge in [0.1, 0.15) is 5.54 Å². The minimum Gasteiger partial charge on any atom is -0.504 e. The fourth-order valence-electron chi connectivity index (χ4n) is 2.35. The number of methoxy groups -OCH3 is 1. The van der Waals surface area contributed by atoms with E-state index in [1.807, 2.05) is 0 Å². The Morgan fingerprint density at radius 2 is 2.20 bits per heavy atom. The number of nitriles is 1. The summed E-state index contributed by atoms with van der Waals surface area (Å²) in [5, 5.41) is 21.3. The van der Waals surface area contributed by atoms with Gasteiger partial charge in [0.25, 0.3) is 5.91 Å². The van der Waals surface area contributed by atoms with Crippen LogP contribution in [0, 0.1) is 17.2 Å².